The van der Waals surface area contributed by atoms with E-state index in [9.17, 15) is 14.4 Å². The fraction of sp³-hybridized carbons (Fsp3) is 0.0870. The zero-order valence-electron chi connectivity index (χ0n) is 15.9. The van der Waals surface area contributed by atoms with Gasteiger partial charge in [0.05, 0.1) is 11.3 Å². The highest BCUT2D eigenvalue weighted by Gasteiger charge is 2.15. The molecule has 0 bridgehead atoms. The van der Waals surface area contributed by atoms with Gasteiger partial charge in [0.2, 0.25) is 0 Å². The topological polar surface area (TPSA) is 87.3 Å². The van der Waals surface area contributed by atoms with E-state index in [2.05, 4.69) is 16.0 Å². The van der Waals surface area contributed by atoms with Gasteiger partial charge >= 0.3 is 0 Å². The van der Waals surface area contributed by atoms with Gasteiger partial charge in [-0.25, -0.2) is 0 Å². The van der Waals surface area contributed by atoms with Gasteiger partial charge in [-0.1, -0.05) is 36.4 Å². The first-order valence-electron chi connectivity index (χ1n) is 9.23. The van der Waals surface area contributed by atoms with Gasteiger partial charge in [-0.2, -0.15) is 0 Å². The van der Waals surface area contributed by atoms with Crippen LogP contribution in [0.5, 0.6) is 0 Å². The van der Waals surface area contributed by atoms with E-state index in [0.717, 1.165) is 0 Å². The number of para-hydroxylation sites is 1. The van der Waals surface area contributed by atoms with Crippen LogP contribution in [0, 0.1) is 0 Å². The molecule has 0 aliphatic rings. The van der Waals surface area contributed by atoms with E-state index in [-0.39, 0.29) is 17.7 Å². The Morgan fingerprint density at radius 2 is 1.38 bits per heavy atom. The van der Waals surface area contributed by atoms with Gasteiger partial charge in [0, 0.05) is 23.4 Å². The number of rotatable bonds is 6. The molecule has 0 aliphatic heterocycles. The maximum atomic E-state index is 12.8. The standard InChI is InChI=1S/C23H21N3O3/c1-2-24-21(27)17-11-8-12-18(15-17)25-23(29)19-13-6-7-14-20(19)26-22(28)16-9-4-3-5-10-16/h3-15H,2H2,1H3,(H,24,27)(H,25,29)(H,26,28). The minimum absolute atomic E-state index is 0.209. The van der Waals surface area contributed by atoms with Gasteiger partial charge in [-0.15, -0.1) is 0 Å². The van der Waals surface area contributed by atoms with Crippen LogP contribution in [0.25, 0.3) is 0 Å². The SMILES string of the molecule is CCNC(=O)c1cccc(NC(=O)c2ccccc2NC(=O)c2ccccc2)c1. The second-order valence-electron chi connectivity index (χ2n) is 6.26. The highest BCUT2D eigenvalue weighted by molar-refractivity contribution is 6.12. The molecule has 0 atom stereocenters. The molecule has 0 fully saturated rings. The summed E-state index contributed by atoms with van der Waals surface area (Å²) in [5.41, 5.74) is 2.16. The Bertz CT molecular complexity index is 1030. The van der Waals surface area contributed by atoms with Crippen molar-refractivity contribution in [3.63, 3.8) is 0 Å². The van der Waals surface area contributed by atoms with E-state index < -0.39 is 0 Å². The molecule has 6 heteroatoms. The number of anilines is 2. The van der Waals surface area contributed by atoms with Crippen LogP contribution < -0.4 is 16.0 Å². The molecule has 0 heterocycles. The molecule has 3 aromatic carbocycles. The van der Waals surface area contributed by atoms with Crippen LogP contribution in [0.4, 0.5) is 11.4 Å². The molecule has 0 radical (unpaired) electrons. The Kier molecular flexibility index (Phi) is 6.37. The van der Waals surface area contributed by atoms with E-state index in [0.29, 0.717) is 34.6 Å². The monoisotopic (exact) mass is 387 g/mol. The van der Waals surface area contributed by atoms with E-state index >= 15 is 0 Å². The Hall–Kier alpha value is -3.93. The molecule has 0 aliphatic carbocycles. The van der Waals surface area contributed by atoms with Crippen molar-refractivity contribution >= 4 is 29.1 Å². The third-order valence-corrected chi connectivity index (χ3v) is 4.18. The molecular weight excluding hydrogens is 366 g/mol. The third-order valence-electron chi connectivity index (χ3n) is 4.18. The van der Waals surface area contributed by atoms with Crippen molar-refractivity contribution in [1.82, 2.24) is 5.32 Å². The van der Waals surface area contributed by atoms with Gasteiger partial charge in [-0.05, 0) is 49.4 Å². The first-order chi connectivity index (χ1) is 14.1. The maximum Gasteiger partial charge on any atom is 0.257 e. The molecule has 3 rings (SSSR count). The van der Waals surface area contributed by atoms with Gasteiger partial charge in [0.25, 0.3) is 17.7 Å². The molecule has 3 aromatic rings. The Morgan fingerprint density at radius 1 is 0.690 bits per heavy atom. The van der Waals surface area contributed by atoms with Crippen molar-refractivity contribution in [2.45, 2.75) is 6.92 Å². The lowest BCUT2D eigenvalue weighted by molar-refractivity contribution is 0.0953. The number of nitrogens with one attached hydrogen (secondary N) is 3. The highest BCUT2D eigenvalue weighted by atomic mass is 16.2. The minimum Gasteiger partial charge on any atom is -0.352 e. The molecule has 0 saturated carbocycles. The second-order valence-corrected chi connectivity index (χ2v) is 6.26. The van der Waals surface area contributed by atoms with Crippen molar-refractivity contribution in [3.8, 4) is 0 Å². The lowest BCUT2D eigenvalue weighted by Crippen LogP contribution is -2.23. The van der Waals surface area contributed by atoms with Crippen molar-refractivity contribution < 1.29 is 14.4 Å². The van der Waals surface area contributed by atoms with Crippen molar-refractivity contribution in [2.75, 3.05) is 17.2 Å². The first-order valence-corrected chi connectivity index (χ1v) is 9.23. The molecule has 0 aromatic heterocycles. The predicted octanol–water partition coefficient (Wildman–Crippen LogP) is 3.94. The average molecular weight is 387 g/mol. The maximum absolute atomic E-state index is 12.8. The number of amides is 3. The summed E-state index contributed by atoms with van der Waals surface area (Å²) in [6.45, 7) is 2.36. The minimum atomic E-state index is -0.387. The highest BCUT2D eigenvalue weighted by Crippen LogP contribution is 2.19. The number of carbonyl (C=O) groups excluding carboxylic acids is 3. The molecule has 6 nitrogen and oxygen atoms in total. The van der Waals surface area contributed by atoms with Crippen LogP contribution in [0.3, 0.4) is 0 Å². The third kappa shape index (κ3) is 5.07. The predicted molar refractivity (Wildman–Crippen MR) is 113 cm³/mol. The number of carbonyl (C=O) groups is 3. The molecule has 29 heavy (non-hydrogen) atoms. The van der Waals surface area contributed by atoms with Crippen molar-refractivity contribution in [1.29, 1.82) is 0 Å². The Labute approximate surface area is 169 Å². The van der Waals surface area contributed by atoms with E-state index in [1.165, 1.54) is 0 Å². The average Bonchev–Trinajstić information content (AvgIpc) is 2.75. The Morgan fingerprint density at radius 3 is 2.14 bits per heavy atom. The summed E-state index contributed by atoms with van der Waals surface area (Å²) in [4.78, 5) is 37.2. The van der Waals surface area contributed by atoms with Crippen molar-refractivity contribution in [3.05, 3.63) is 95.6 Å². The van der Waals surface area contributed by atoms with E-state index in [4.69, 9.17) is 0 Å². The summed E-state index contributed by atoms with van der Waals surface area (Å²) in [7, 11) is 0. The summed E-state index contributed by atoms with van der Waals surface area (Å²) in [6, 6.07) is 22.2. The number of hydrogen-bond acceptors (Lipinski definition) is 3. The number of benzene rings is 3. The van der Waals surface area contributed by atoms with E-state index in [1.807, 2.05) is 13.0 Å². The summed E-state index contributed by atoms with van der Waals surface area (Å²) >= 11 is 0. The smallest absolute Gasteiger partial charge is 0.257 e. The first kappa shape index (κ1) is 19.8. The summed E-state index contributed by atoms with van der Waals surface area (Å²) in [6.07, 6.45) is 0. The summed E-state index contributed by atoms with van der Waals surface area (Å²) < 4.78 is 0. The second kappa shape index (κ2) is 9.32. The number of hydrogen-bond donors (Lipinski definition) is 3. The lowest BCUT2D eigenvalue weighted by Gasteiger charge is -2.12. The molecule has 3 N–H and O–H groups in total. The van der Waals surface area contributed by atoms with Gasteiger partial charge in [0.1, 0.15) is 0 Å². The van der Waals surface area contributed by atoms with Gasteiger partial charge in [-0.3, -0.25) is 14.4 Å². The summed E-state index contributed by atoms with van der Waals surface area (Å²) in [5, 5.41) is 8.28. The summed E-state index contributed by atoms with van der Waals surface area (Å²) in [5.74, 6) is -0.898. The van der Waals surface area contributed by atoms with Crippen LogP contribution in [0.15, 0.2) is 78.9 Å². The van der Waals surface area contributed by atoms with Gasteiger partial charge < -0.3 is 16.0 Å². The molecule has 0 unspecified atom stereocenters. The zero-order valence-corrected chi connectivity index (χ0v) is 15.9. The quantitative estimate of drug-likeness (QED) is 0.599. The fourth-order valence-corrected chi connectivity index (χ4v) is 2.77. The van der Waals surface area contributed by atoms with Crippen molar-refractivity contribution in [2.24, 2.45) is 0 Å². The van der Waals surface area contributed by atoms with Crippen LogP contribution in [0.2, 0.25) is 0 Å². The van der Waals surface area contributed by atoms with Crippen LogP contribution in [-0.2, 0) is 0 Å². The lowest BCUT2D eigenvalue weighted by atomic mass is 10.1. The van der Waals surface area contributed by atoms with Crippen LogP contribution in [0.1, 0.15) is 38.0 Å². The molecule has 0 spiro atoms. The molecule has 0 saturated heterocycles. The van der Waals surface area contributed by atoms with Gasteiger partial charge in [0.15, 0.2) is 0 Å². The Balaban J connectivity index is 1.78. The van der Waals surface area contributed by atoms with Crippen LogP contribution in [-0.4, -0.2) is 24.3 Å². The molecular formula is C23H21N3O3. The van der Waals surface area contributed by atoms with Crippen LogP contribution >= 0.6 is 0 Å². The van der Waals surface area contributed by atoms with E-state index in [1.54, 1.807) is 72.8 Å². The molecule has 3 amide bonds. The molecule has 146 valence electrons. The fourth-order valence-electron chi connectivity index (χ4n) is 2.77. The normalized spacial score (nSPS) is 10.1. The largest absolute Gasteiger partial charge is 0.352 e. The zero-order chi connectivity index (χ0) is 20.6.